The molecule has 1 amide bonds. The minimum absolute atomic E-state index is 0. The highest BCUT2D eigenvalue weighted by Gasteiger charge is 2.27. The van der Waals surface area contributed by atoms with Crippen LogP contribution in [0.2, 0.25) is 0 Å². The van der Waals surface area contributed by atoms with E-state index in [1.165, 1.54) is 12.1 Å². The minimum atomic E-state index is -0.271. The lowest BCUT2D eigenvalue weighted by Gasteiger charge is -2.36. The van der Waals surface area contributed by atoms with Crippen LogP contribution in [0, 0.1) is 5.82 Å². The molecule has 1 aromatic rings. The first kappa shape index (κ1) is 16.9. The molecule has 0 bridgehead atoms. The number of hydrogen-bond donors (Lipinski definition) is 1. The zero-order chi connectivity index (χ0) is 13.7. The van der Waals surface area contributed by atoms with Gasteiger partial charge in [0.1, 0.15) is 5.82 Å². The molecule has 6 heteroatoms. The maximum atomic E-state index is 13.3. The van der Waals surface area contributed by atoms with E-state index >= 15 is 0 Å². The van der Waals surface area contributed by atoms with Crippen LogP contribution < -0.4 is 5.32 Å². The molecular weight excluding hydrogens is 283 g/mol. The Morgan fingerprint density at radius 1 is 1.55 bits per heavy atom. The lowest BCUT2D eigenvalue weighted by molar-refractivity contribution is -0.135. The Morgan fingerprint density at radius 2 is 2.35 bits per heavy atom. The van der Waals surface area contributed by atoms with Crippen LogP contribution in [0.3, 0.4) is 0 Å². The van der Waals surface area contributed by atoms with E-state index in [0.717, 1.165) is 12.1 Å². The second-order valence-electron chi connectivity index (χ2n) is 4.60. The number of benzene rings is 1. The third kappa shape index (κ3) is 4.16. The van der Waals surface area contributed by atoms with Crippen molar-refractivity contribution >= 4 is 18.3 Å². The van der Waals surface area contributed by atoms with E-state index in [-0.39, 0.29) is 30.2 Å². The van der Waals surface area contributed by atoms with Gasteiger partial charge in [-0.05, 0) is 17.7 Å². The summed E-state index contributed by atoms with van der Waals surface area (Å²) in [6.07, 6.45) is 0.363. The molecular formula is C14H20ClFN2O2. The van der Waals surface area contributed by atoms with Crippen molar-refractivity contribution in [3.05, 3.63) is 35.6 Å². The molecule has 1 fully saturated rings. The SMILES string of the molecule is COCCC(=O)N1CCNCC1c1cccc(F)c1.Cl. The van der Waals surface area contributed by atoms with E-state index in [0.29, 0.717) is 26.1 Å². The standard InChI is InChI=1S/C14H19FN2O2.ClH/c1-19-8-5-14(18)17-7-6-16-10-13(17)11-3-2-4-12(15)9-11;/h2-4,9,13,16H,5-8,10H2,1H3;1H. The lowest BCUT2D eigenvalue weighted by Crippen LogP contribution is -2.48. The van der Waals surface area contributed by atoms with Crippen LogP contribution in [-0.2, 0) is 9.53 Å². The first-order chi connectivity index (χ1) is 9.22. The number of methoxy groups -OCH3 is 1. The largest absolute Gasteiger partial charge is 0.384 e. The summed E-state index contributed by atoms with van der Waals surface area (Å²) >= 11 is 0. The van der Waals surface area contributed by atoms with Gasteiger partial charge in [-0.1, -0.05) is 12.1 Å². The Morgan fingerprint density at radius 3 is 3.05 bits per heavy atom. The summed E-state index contributed by atoms with van der Waals surface area (Å²) in [7, 11) is 1.58. The maximum absolute atomic E-state index is 13.3. The van der Waals surface area contributed by atoms with Crippen LogP contribution in [0.4, 0.5) is 4.39 Å². The van der Waals surface area contributed by atoms with Gasteiger partial charge in [0.2, 0.25) is 5.91 Å². The Bertz CT molecular complexity index is 445. The molecule has 1 saturated heterocycles. The van der Waals surface area contributed by atoms with Crippen LogP contribution in [0.1, 0.15) is 18.0 Å². The van der Waals surface area contributed by atoms with E-state index in [1.54, 1.807) is 13.2 Å². The molecule has 4 nitrogen and oxygen atoms in total. The number of rotatable bonds is 4. The summed E-state index contributed by atoms with van der Waals surface area (Å²) in [4.78, 5) is 14.0. The smallest absolute Gasteiger partial charge is 0.225 e. The molecule has 112 valence electrons. The fourth-order valence-corrected chi connectivity index (χ4v) is 2.35. The van der Waals surface area contributed by atoms with Gasteiger partial charge in [-0.3, -0.25) is 4.79 Å². The van der Waals surface area contributed by atoms with Crippen molar-refractivity contribution in [1.82, 2.24) is 10.2 Å². The Labute approximate surface area is 124 Å². The lowest BCUT2D eigenvalue weighted by atomic mass is 10.0. The second kappa shape index (κ2) is 8.19. The predicted octanol–water partition coefficient (Wildman–Crippen LogP) is 1.76. The van der Waals surface area contributed by atoms with Crippen molar-refractivity contribution in [2.75, 3.05) is 33.4 Å². The van der Waals surface area contributed by atoms with E-state index in [9.17, 15) is 9.18 Å². The third-order valence-corrected chi connectivity index (χ3v) is 3.32. The van der Waals surface area contributed by atoms with Crippen molar-refractivity contribution in [1.29, 1.82) is 0 Å². The van der Waals surface area contributed by atoms with E-state index in [2.05, 4.69) is 5.32 Å². The molecule has 20 heavy (non-hydrogen) atoms. The van der Waals surface area contributed by atoms with Gasteiger partial charge in [0.25, 0.3) is 0 Å². The number of ether oxygens (including phenoxy) is 1. The number of nitrogens with one attached hydrogen (secondary N) is 1. The average Bonchev–Trinajstić information content (AvgIpc) is 2.45. The van der Waals surface area contributed by atoms with Crippen LogP contribution >= 0.6 is 12.4 Å². The quantitative estimate of drug-likeness (QED) is 0.921. The van der Waals surface area contributed by atoms with Gasteiger partial charge in [0, 0.05) is 26.7 Å². The monoisotopic (exact) mass is 302 g/mol. The van der Waals surface area contributed by atoms with Crippen LogP contribution in [0.5, 0.6) is 0 Å². The van der Waals surface area contributed by atoms with Gasteiger partial charge >= 0.3 is 0 Å². The van der Waals surface area contributed by atoms with Crippen LogP contribution in [0.25, 0.3) is 0 Å². The van der Waals surface area contributed by atoms with Gasteiger partial charge in [-0.15, -0.1) is 12.4 Å². The number of halogens is 2. The molecule has 0 aromatic heterocycles. The normalized spacial score (nSPS) is 18.5. The Balaban J connectivity index is 0.00000200. The predicted molar refractivity (Wildman–Crippen MR) is 77.5 cm³/mol. The summed E-state index contributed by atoms with van der Waals surface area (Å²) < 4.78 is 18.2. The first-order valence-electron chi connectivity index (χ1n) is 6.47. The Hall–Kier alpha value is -1.17. The molecule has 0 radical (unpaired) electrons. The highest BCUT2D eigenvalue weighted by Crippen LogP contribution is 2.23. The zero-order valence-electron chi connectivity index (χ0n) is 11.5. The fraction of sp³-hybridized carbons (Fsp3) is 0.500. The van der Waals surface area contributed by atoms with Crippen molar-refractivity contribution in [2.45, 2.75) is 12.5 Å². The molecule has 1 atom stereocenters. The van der Waals surface area contributed by atoms with Gasteiger partial charge in [-0.2, -0.15) is 0 Å². The maximum Gasteiger partial charge on any atom is 0.225 e. The number of piperazine rings is 1. The summed E-state index contributed by atoms with van der Waals surface area (Å²) in [5.41, 5.74) is 0.831. The molecule has 1 aliphatic rings. The second-order valence-corrected chi connectivity index (χ2v) is 4.60. The molecule has 0 saturated carbocycles. The molecule has 0 spiro atoms. The number of carbonyl (C=O) groups is 1. The topological polar surface area (TPSA) is 41.6 Å². The average molecular weight is 303 g/mol. The molecule has 1 aromatic carbocycles. The summed E-state index contributed by atoms with van der Waals surface area (Å²) in [6, 6.07) is 6.34. The number of amides is 1. The van der Waals surface area contributed by atoms with Crippen LogP contribution in [-0.4, -0.2) is 44.2 Å². The highest BCUT2D eigenvalue weighted by atomic mass is 35.5. The minimum Gasteiger partial charge on any atom is -0.384 e. The van der Waals surface area contributed by atoms with Gasteiger partial charge < -0.3 is 15.0 Å². The number of nitrogens with zero attached hydrogens (tertiary/aromatic N) is 1. The van der Waals surface area contributed by atoms with Crippen molar-refractivity contribution in [3.63, 3.8) is 0 Å². The van der Waals surface area contributed by atoms with Gasteiger partial charge in [-0.25, -0.2) is 4.39 Å². The Kier molecular flexibility index (Phi) is 6.91. The van der Waals surface area contributed by atoms with E-state index < -0.39 is 0 Å². The fourth-order valence-electron chi connectivity index (χ4n) is 2.35. The molecule has 1 unspecified atom stereocenters. The van der Waals surface area contributed by atoms with Gasteiger partial charge in [0.05, 0.1) is 19.1 Å². The molecule has 1 aliphatic heterocycles. The first-order valence-corrected chi connectivity index (χ1v) is 6.47. The summed E-state index contributed by atoms with van der Waals surface area (Å²) in [5.74, 6) is -0.218. The number of hydrogen-bond acceptors (Lipinski definition) is 3. The molecule has 2 rings (SSSR count). The van der Waals surface area contributed by atoms with Crippen LogP contribution in [0.15, 0.2) is 24.3 Å². The van der Waals surface area contributed by atoms with Crippen molar-refractivity contribution < 1.29 is 13.9 Å². The molecule has 0 aliphatic carbocycles. The van der Waals surface area contributed by atoms with E-state index in [1.807, 2.05) is 11.0 Å². The molecule has 1 N–H and O–H groups in total. The number of carbonyl (C=O) groups excluding carboxylic acids is 1. The zero-order valence-corrected chi connectivity index (χ0v) is 12.3. The van der Waals surface area contributed by atoms with E-state index in [4.69, 9.17) is 4.74 Å². The van der Waals surface area contributed by atoms with Gasteiger partial charge in [0.15, 0.2) is 0 Å². The third-order valence-electron chi connectivity index (χ3n) is 3.32. The summed E-state index contributed by atoms with van der Waals surface area (Å²) in [6.45, 7) is 2.48. The van der Waals surface area contributed by atoms with Crippen molar-refractivity contribution in [3.8, 4) is 0 Å². The van der Waals surface area contributed by atoms with Crippen molar-refractivity contribution in [2.24, 2.45) is 0 Å². The molecule has 1 heterocycles. The highest BCUT2D eigenvalue weighted by molar-refractivity contribution is 5.85. The summed E-state index contributed by atoms with van der Waals surface area (Å²) in [5, 5.41) is 3.25.